The molecule has 4 saturated carbocycles. The second kappa shape index (κ2) is 12.5. The lowest BCUT2D eigenvalue weighted by atomic mass is 9.45. The van der Waals surface area contributed by atoms with Gasteiger partial charge < -0.3 is 21.7 Å². The molecule has 0 aromatic heterocycles. The largest absolute Gasteiger partial charge is 0.481 e. The summed E-state index contributed by atoms with van der Waals surface area (Å²) in [5.74, 6) is 2.88. The van der Waals surface area contributed by atoms with E-state index in [0.29, 0.717) is 23.2 Å². The molecule has 0 saturated heterocycles. The SMILES string of the molecule is CCCN.C[C@]12CCCCC1CC[C@@H]1C2CC[C@]2(C)C(CCC(=O)O)CCC12.NCC(=O)O. The van der Waals surface area contributed by atoms with Crippen LogP contribution in [0.5, 0.6) is 0 Å². The lowest BCUT2D eigenvalue weighted by molar-refractivity contribution is -0.138. The first kappa shape index (κ1) is 28.1. The van der Waals surface area contributed by atoms with Crippen molar-refractivity contribution >= 4 is 11.9 Å². The predicted octanol–water partition coefficient (Wildman–Crippen LogP) is 5.29. The maximum absolute atomic E-state index is 11.0. The van der Waals surface area contributed by atoms with Gasteiger partial charge in [-0.2, -0.15) is 0 Å². The lowest BCUT2D eigenvalue weighted by Crippen LogP contribution is -2.52. The number of carboxylic acids is 2. The molecule has 6 nitrogen and oxygen atoms in total. The van der Waals surface area contributed by atoms with Crippen LogP contribution in [0.15, 0.2) is 0 Å². The van der Waals surface area contributed by atoms with Crippen LogP contribution in [0.25, 0.3) is 0 Å². The second-order valence-corrected chi connectivity index (χ2v) is 11.5. The van der Waals surface area contributed by atoms with Gasteiger partial charge in [-0.15, -0.1) is 0 Å². The fourth-order valence-electron chi connectivity index (χ4n) is 8.18. The van der Waals surface area contributed by atoms with Gasteiger partial charge in [0.1, 0.15) is 0 Å². The number of hydrogen-bond acceptors (Lipinski definition) is 4. The first-order valence-corrected chi connectivity index (χ1v) is 13.5. The summed E-state index contributed by atoms with van der Waals surface area (Å²) in [6, 6.07) is 0. The fraction of sp³-hybridized carbons (Fsp3) is 0.926. The van der Waals surface area contributed by atoms with Crippen LogP contribution in [0.3, 0.4) is 0 Å². The van der Waals surface area contributed by atoms with Crippen LogP contribution in [-0.2, 0) is 9.59 Å². The van der Waals surface area contributed by atoms with Gasteiger partial charge in [0.05, 0.1) is 6.54 Å². The maximum Gasteiger partial charge on any atom is 0.317 e. The molecule has 0 aliphatic heterocycles. The Morgan fingerprint density at radius 3 is 2.06 bits per heavy atom. The number of nitrogens with two attached hydrogens (primary N) is 2. The monoisotopic (exact) mass is 466 g/mol. The average molecular weight is 467 g/mol. The molecule has 0 spiro atoms. The van der Waals surface area contributed by atoms with Gasteiger partial charge >= 0.3 is 11.9 Å². The van der Waals surface area contributed by atoms with E-state index >= 15 is 0 Å². The van der Waals surface area contributed by atoms with Crippen molar-refractivity contribution in [3.63, 3.8) is 0 Å². The zero-order chi connectivity index (χ0) is 24.6. The zero-order valence-electron chi connectivity index (χ0n) is 21.4. The number of fused-ring (bicyclic) bond motifs is 5. The Labute approximate surface area is 201 Å². The van der Waals surface area contributed by atoms with Crippen molar-refractivity contribution in [1.29, 1.82) is 0 Å². The highest BCUT2D eigenvalue weighted by Gasteiger charge is 2.59. The summed E-state index contributed by atoms with van der Waals surface area (Å²) in [5.41, 5.74) is 10.7. The van der Waals surface area contributed by atoms with E-state index in [9.17, 15) is 9.59 Å². The predicted molar refractivity (Wildman–Crippen MR) is 133 cm³/mol. The third-order valence-corrected chi connectivity index (χ3v) is 9.95. The smallest absolute Gasteiger partial charge is 0.317 e. The summed E-state index contributed by atoms with van der Waals surface area (Å²) < 4.78 is 0. The molecule has 0 aromatic rings. The normalized spacial score (nSPS) is 38.9. The van der Waals surface area contributed by atoms with Crippen LogP contribution in [0.4, 0.5) is 0 Å². The minimum absolute atomic E-state index is 0.278. The van der Waals surface area contributed by atoms with Crippen molar-refractivity contribution in [1.82, 2.24) is 0 Å². The Balaban J connectivity index is 0.000000368. The summed E-state index contributed by atoms with van der Waals surface area (Å²) in [6.07, 6.45) is 16.7. The van der Waals surface area contributed by atoms with Gasteiger partial charge in [-0.1, -0.05) is 33.6 Å². The van der Waals surface area contributed by atoms with Crippen LogP contribution >= 0.6 is 0 Å². The molecular formula is C27H50N2O4. The first-order chi connectivity index (χ1) is 15.6. The van der Waals surface area contributed by atoms with Crippen molar-refractivity contribution < 1.29 is 19.8 Å². The standard InChI is InChI=1S/C22H36O2.C3H9N.C2H5NO2/c1-21-13-4-3-5-15(21)6-9-17-18-10-7-16(8-11-20(23)24)22(18,2)14-12-19(17)21;1-2-3-4;3-1-2(4)5/h15-19H,3-14H2,1-2H3,(H,23,24);2-4H2,1H3;1,3H2,(H,4,5)/t15?,16?,17-,18?,19?,21-,22+;;/m0../s1. The van der Waals surface area contributed by atoms with Crippen LogP contribution in [-0.4, -0.2) is 35.2 Å². The van der Waals surface area contributed by atoms with Crippen molar-refractivity contribution in [3.8, 4) is 0 Å². The van der Waals surface area contributed by atoms with Gasteiger partial charge in [-0.25, -0.2) is 0 Å². The summed E-state index contributed by atoms with van der Waals surface area (Å²) in [4.78, 5) is 20.3. The molecular weight excluding hydrogens is 416 g/mol. The number of carboxylic acid groups (broad SMARTS) is 2. The molecule has 4 rings (SSSR count). The molecule has 0 heterocycles. The fourth-order valence-corrected chi connectivity index (χ4v) is 8.18. The van der Waals surface area contributed by atoms with Gasteiger partial charge in [0.25, 0.3) is 0 Å². The van der Waals surface area contributed by atoms with Crippen LogP contribution in [0.2, 0.25) is 0 Å². The van der Waals surface area contributed by atoms with Crippen molar-refractivity contribution in [3.05, 3.63) is 0 Å². The highest BCUT2D eigenvalue weighted by Crippen LogP contribution is 2.67. The van der Waals surface area contributed by atoms with E-state index in [4.69, 9.17) is 15.9 Å². The number of carbonyl (C=O) groups is 2. The van der Waals surface area contributed by atoms with Gasteiger partial charge in [0.2, 0.25) is 0 Å². The van der Waals surface area contributed by atoms with E-state index in [1.165, 1.54) is 64.2 Å². The molecule has 4 fully saturated rings. The van der Waals surface area contributed by atoms with Gasteiger partial charge in [0, 0.05) is 6.42 Å². The van der Waals surface area contributed by atoms with Crippen molar-refractivity contribution in [2.45, 2.75) is 104 Å². The number of aliphatic carboxylic acids is 2. The van der Waals surface area contributed by atoms with Gasteiger partial charge in [-0.05, 0) is 111 Å². The van der Waals surface area contributed by atoms with E-state index < -0.39 is 11.9 Å². The first-order valence-electron chi connectivity index (χ1n) is 13.5. The molecule has 0 aromatic carbocycles. The summed E-state index contributed by atoms with van der Waals surface area (Å²) >= 11 is 0. The van der Waals surface area contributed by atoms with Crippen molar-refractivity contribution in [2.24, 2.45) is 51.9 Å². The Hall–Kier alpha value is -1.14. The van der Waals surface area contributed by atoms with E-state index in [-0.39, 0.29) is 6.54 Å². The van der Waals surface area contributed by atoms with Gasteiger partial charge in [0.15, 0.2) is 0 Å². The molecule has 4 aliphatic rings. The quantitative estimate of drug-likeness (QED) is 0.436. The Bertz CT molecular complexity index is 640. The summed E-state index contributed by atoms with van der Waals surface area (Å²) in [5, 5.41) is 16.7. The molecule has 6 N–H and O–H groups in total. The molecule has 6 heteroatoms. The van der Waals surface area contributed by atoms with E-state index in [0.717, 1.165) is 43.1 Å². The van der Waals surface area contributed by atoms with E-state index in [2.05, 4.69) is 26.5 Å². The zero-order valence-corrected chi connectivity index (χ0v) is 21.4. The average Bonchev–Trinajstić information content (AvgIpc) is 3.14. The van der Waals surface area contributed by atoms with Crippen molar-refractivity contribution in [2.75, 3.05) is 13.1 Å². The molecule has 0 bridgehead atoms. The number of rotatable bonds is 5. The molecule has 4 unspecified atom stereocenters. The Kier molecular flexibility index (Phi) is 10.7. The lowest BCUT2D eigenvalue weighted by Gasteiger charge is -2.60. The Morgan fingerprint density at radius 2 is 1.48 bits per heavy atom. The number of hydrogen-bond donors (Lipinski definition) is 4. The highest BCUT2D eigenvalue weighted by molar-refractivity contribution is 5.68. The molecule has 33 heavy (non-hydrogen) atoms. The van der Waals surface area contributed by atoms with E-state index in [1.54, 1.807) is 0 Å². The molecule has 0 radical (unpaired) electrons. The van der Waals surface area contributed by atoms with Gasteiger partial charge in [-0.3, -0.25) is 9.59 Å². The summed E-state index contributed by atoms with van der Waals surface area (Å²) in [6.45, 7) is 7.77. The van der Waals surface area contributed by atoms with Crippen LogP contribution in [0, 0.1) is 40.4 Å². The topological polar surface area (TPSA) is 127 Å². The minimum atomic E-state index is -0.968. The molecule has 192 valence electrons. The molecule has 0 amide bonds. The molecule has 4 aliphatic carbocycles. The molecule has 7 atom stereocenters. The van der Waals surface area contributed by atoms with E-state index in [1.807, 2.05) is 0 Å². The van der Waals surface area contributed by atoms with Crippen LogP contribution in [0.1, 0.15) is 104 Å². The summed E-state index contributed by atoms with van der Waals surface area (Å²) in [7, 11) is 0. The second-order valence-electron chi connectivity index (χ2n) is 11.5. The maximum atomic E-state index is 11.0. The van der Waals surface area contributed by atoms with Crippen LogP contribution < -0.4 is 11.5 Å². The Morgan fingerprint density at radius 1 is 0.848 bits per heavy atom. The third kappa shape index (κ3) is 6.50. The highest BCUT2D eigenvalue weighted by atomic mass is 16.4. The third-order valence-electron chi connectivity index (χ3n) is 9.95. The minimum Gasteiger partial charge on any atom is -0.481 e.